The van der Waals surface area contributed by atoms with Crippen molar-refractivity contribution >= 4 is 57.7 Å². The fourth-order valence-corrected chi connectivity index (χ4v) is 7.76. The van der Waals surface area contributed by atoms with Crippen LogP contribution in [0, 0.1) is 3.70 Å². The molecule has 2 aliphatic rings. The minimum Gasteiger partial charge on any atom is -0.491 e. The van der Waals surface area contributed by atoms with E-state index in [1.54, 1.807) is 55.1 Å². The van der Waals surface area contributed by atoms with E-state index in [-0.39, 0.29) is 5.97 Å². The van der Waals surface area contributed by atoms with E-state index in [1.165, 1.54) is 14.2 Å². The second kappa shape index (κ2) is 18.5. The van der Waals surface area contributed by atoms with Gasteiger partial charge < -0.3 is 32.6 Å². The molecule has 2 aliphatic heterocycles. The number of fused-ring (bicyclic) bond motifs is 6. The third kappa shape index (κ3) is 8.89. The fourth-order valence-electron chi connectivity index (χ4n) is 6.73. The first-order valence-corrected chi connectivity index (χ1v) is 20.6. The lowest BCUT2D eigenvalue weighted by molar-refractivity contribution is 0.0592. The molecule has 0 atom stereocenters. The standard InChI is InChI=1S/C22H17ClN4O3.C13H11IN2O3.C9H7ClN2/c1-29-22(28)14-6-7-19-15(12-14)20-25-17(13-26(20)10-11-30-19)21-24-8-9-27(21)18-5-3-2-4-16(18)23;1-18-13(17)8-2-3-10-9(6-8)12-15-11(14)7-16(12)4-5-19-10;10-8-3-1-2-4-9(8)12-6-5-11-7-12/h2-9,12-13H,10-11H2,1H3;2-3,6-7H,4-5H2,1H3;1-7H. The summed E-state index contributed by atoms with van der Waals surface area (Å²) in [4.78, 5) is 41.4. The molecule has 0 unspecified atom stereocenters. The molecule has 8 aromatic rings. The van der Waals surface area contributed by atoms with Crippen LogP contribution >= 0.6 is 45.8 Å². The Morgan fingerprint density at radius 2 is 1.26 bits per heavy atom. The van der Waals surface area contributed by atoms with E-state index in [4.69, 9.17) is 47.1 Å². The molecule has 10 rings (SSSR count). The maximum absolute atomic E-state index is 12.0. The van der Waals surface area contributed by atoms with Gasteiger partial charge in [-0.05, 0) is 83.3 Å². The first-order chi connectivity index (χ1) is 29.7. The second-order valence-corrected chi connectivity index (χ2v) is 15.2. The number of hydrogen-bond acceptors (Lipinski definition) is 10. The third-order valence-electron chi connectivity index (χ3n) is 9.60. The molecule has 14 nitrogen and oxygen atoms in total. The molecular formula is C44H35Cl2IN8O6. The van der Waals surface area contributed by atoms with Crippen molar-refractivity contribution in [2.24, 2.45) is 0 Å². The fraction of sp³-hybridized carbons (Fsp3) is 0.136. The smallest absolute Gasteiger partial charge is 0.337 e. The number of rotatable bonds is 5. The van der Waals surface area contributed by atoms with Gasteiger partial charge in [0.1, 0.15) is 45.8 Å². The summed E-state index contributed by atoms with van der Waals surface area (Å²) in [5.74, 6) is 2.85. The predicted octanol–water partition coefficient (Wildman–Crippen LogP) is 9.09. The number of benzene rings is 4. The molecule has 6 heterocycles. The number of para-hydroxylation sites is 2. The Morgan fingerprint density at radius 1 is 0.689 bits per heavy atom. The van der Waals surface area contributed by atoms with Crippen molar-refractivity contribution in [3.8, 4) is 57.2 Å². The number of hydrogen-bond donors (Lipinski definition) is 0. The van der Waals surface area contributed by atoms with Gasteiger partial charge in [0.25, 0.3) is 0 Å². The number of halogens is 3. The van der Waals surface area contributed by atoms with E-state index in [0.717, 1.165) is 49.3 Å². The molecule has 0 fully saturated rings. The van der Waals surface area contributed by atoms with Gasteiger partial charge in [0.05, 0.1) is 77.3 Å². The molecule has 0 bridgehead atoms. The van der Waals surface area contributed by atoms with Gasteiger partial charge in [0.2, 0.25) is 0 Å². The van der Waals surface area contributed by atoms with Crippen LogP contribution in [0.5, 0.6) is 11.5 Å². The van der Waals surface area contributed by atoms with Crippen molar-refractivity contribution < 1.29 is 28.5 Å². The highest BCUT2D eigenvalue weighted by Crippen LogP contribution is 2.36. The molecule has 0 saturated carbocycles. The number of nitrogens with zero attached hydrogens (tertiary/aromatic N) is 8. The van der Waals surface area contributed by atoms with Crippen molar-refractivity contribution in [1.82, 2.24) is 38.2 Å². The van der Waals surface area contributed by atoms with Gasteiger partial charge in [-0.3, -0.25) is 4.57 Å². The lowest BCUT2D eigenvalue weighted by atomic mass is 10.1. The largest absolute Gasteiger partial charge is 0.491 e. The molecule has 17 heteroatoms. The van der Waals surface area contributed by atoms with Crippen molar-refractivity contribution in [2.45, 2.75) is 13.1 Å². The zero-order valence-electron chi connectivity index (χ0n) is 32.6. The predicted molar refractivity (Wildman–Crippen MR) is 238 cm³/mol. The quantitative estimate of drug-likeness (QED) is 0.121. The normalized spacial score (nSPS) is 12.1. The number of aromatic nitrogens is 8. The minimum absolute atomic E-state index is 0.361. The molecular weight excluding hydrogens is 934 g/mol. The molecule has 61 heavy (non-hydrogen) atoms. The van der Waals surface area contributed by atoms with Crippen molar-refractivity contribution in [2.75, 3.05) is 27.4 Å². The van der Waals surface area contributed by atoms with Crippen molar-refractivity contribution in [3.63, 3.8) is 0 Å². The summed E-state index contributed by atoms with van der Waals surface area (Å²) >= 11 is 14.5. The highest BCUT2D eigenvalue weighted by Gasteiger charge is 2.24. The summed E-state index contributed by atoms with van der Waals surface area (Å²) in [5.41, 5.74) is 4.97. The molecule has 0 N–H and O–H groups in total. The number of ether oxygens (including phenoxy) is 4. The first kappa shape index (κ1) is 41.3. The number of methoxy groups -OCH3 is 2. The average Bonchev–Trinajstić information content (AvgIpc) is 4.10. The monoisotopic (exact) mass is 968 g/mol. The van der Waals surface area contributed by atoms with E-state index in [2.05, 4.69) is 37.5 Å². The van der Waals surface area contributed by atoms with E-state index in [9.17, 15) is 9.59 Å². The van der Waals surface area contributed by atoms with Gasteiger partial charge in [0, 0.05) is 37.2 Å². The Morgan fingerprint density at radius 3 is 1.84 bits per heavy atom. The molecule has 0 radical (unpaired) electrons. The van der Waals surface area contributed by atoms with Crippen LogP contribution in [0.1, 0.15) is 20.7 Å². The van der Waals surface area contributed by atoms with Gasteiger partial charge in [-0.25, -0.2) is 29.5 Å². The zero-order chi connectivity index (χ0) is 42.5. The summed E-state index contributed by atoms with van der Waals surface area (Å²) in [6, 6.07) is 25.7. The maximum atomic E-state index is 12.0. The Bertz CT molecular complexity index is 2850. The van der Waals surface area contributed by atoms with Crippen LogP contribution in [-0.4, -0.2) is 77.6 Å². The van der Waals surface area contributed by atoms with Crippen LogP contribution in [0.3, 0.4) is 0 Å². The molecule has 0 amide bonds. The number of carbonyl (C=O) groups excluding carboxylic acids is 2. The van der Waals surface area contributed by atoms with Gasteiger partial charge in [-0.2, -0.15) is 0 Å². The number of esters is 2. The van der Waals surface area contributed by atoms with Gasteiger partial charge in [-0.1, -0.05) is 47.5 Å². The van der Waals surface area contributed by atoms with Crippen LogP contribution in [0.15, 0.2) is 128 Å². The van der Waals surface area contributed by atoms with Gasteiger partial charge >= 0.3 is 11.9 Å². The van der Waals surface area contributed by atoms with Crippen LogP contribution in [0.2, 0.25) is 10.0 Å². The number of imidazole rings is 4. The van der Waals surface area contributed by atoms with Crippen molar-refractivity contribution in [1.29, 1.82) is 0 Å². The summed E-state index contributed by atoms with van der Waals surface area (Å²) in [6.07, 6.45) is 12.8. The van der Waals surface area contributed by atoms with E-state index < -0.39 is 5.97 Å². The number of carbonyl (C=O) groups is 2. The Hall–Kier alpha value is -6.43. The van der Waals surface area contributed by atoms with Crippen LogP contribution < -0.4 is 9.47 Å². The summed E-state index contributed by atoms with van der Waals surface area (Å²) in [5, 5.41) is 1.36. The summed E-state index contributed by atoms with van der Waals surface area (Å²) in [6.45, 7) is 2.45. The highest BCUT2D eigenvalue weighted by molar-refractivity contribution is 14.1. The molecule has 0 aliphatic carbocycles. The molecule has 0 saturated heterocycles. The summed E-state index contributed by atoms with van der Waals surface area (Å²) in [7, 11) is 2.73. The summed E-state index contributed by atoms with van der Waals surface area (Å²) < 4.78 is 29.9. The van der Waals surface area contributed by atoms with Gasteiger partial charge in [0.15, 0.2) is 5.82 Å². The zero-order valence-corrected chi connectivity index (χ0v) is 36.3. The molecule has 4 aromatic carbocycles. The minimum atomic E-state index is -0.408. The van der Waals surface area contributed by atoms with Crippen LogP contribution in [0.25, 0.3) is 45.7 Å². The Labute approximate surface area is 373 Å². The maximum Gasteiger partial charge on any atom is 0.337 e. The van der Waals surface area contributed by atoms with E-state index >= 15 is 0 Å². The SMILES string of the molecule is COC(=O)c1ccc2c(c1)-c1nc(-c3nccn3-c3ccccc3Cl)cn1CCO2.COC(=O)c1ccc2c(c1)-c1nc(I)cn1CCO2.Clc1ccccc1-n1ccnc1. The average molecular weight is 970 g/mol. The molecule has 0 spiro atoms. The first-order valence-electron chi connectivity index (χ1n) is 18.7. The second-order valence-electron chi connectivity index (χ2n) is 13.3. The molecule has 4 aromatic heterocycles. The van der Waals surface area contributed by atoms with E-state index in [1.807, 2.05) is 91.6 Å². The Balaban J connectivity index is 0.000000141. The third-order valence-corrected chi connectivity index (χ3v) is 10.8. The highest BCUT2D eigenvalue weighted by atomic mass is 127. The lowest BCUT2D eigenvalue weighted by Gasteiger charge is -2.09. The van der Waals surface area contributed by atoms with Crippen LogP contribution in [0.4, 0.5) is 0 Å². The molecule has 308 valence electrons. The van der Waals surface area contributed by atoms with Crippen LogP contribution in [-0.2, 0) is 22.6 Å². The Kier molecular flexibility index (Phi) is 12.5. The van der Waals surface area contributed by atoms with Gasteiger partial charge in [-0.15, -0.1) is 0 Å². The topological polar surface area (TPSA) is 142 Å². The lowest BCUT2D eigenvalue weighted by Crippen LogP contribution is -2.04. The van der Waals surface area contributed by atoms with Crippen molar-refractivity contribution in [3.05, 3.63) is 153 Å². The van der Waals surface area contributed by atoms with E-state index in [0.29, 0.717) is 59.0 Å².